The first-order valence-corrected chi connectivity index (χ1v) is 3.26. The lowest BCUT2D eigenvalue weighted by Crippen LogP contribution is -2.24. The van der Waals surface area contributed by atoms with Crippen LogP contribution >= 0.6 is 0 Å². The molecule has 0 aromatic rings. The van der Waals surface area contributed by atoms with Gasteiger partial charge in [-0.25, -0.2) is 0 Å². The fourth-order valence-electron chi connectivity index (χ4n) is 1.00. The van der Waals surface area contributed by atoms with E-state index in [9.17, 15) is 0 Å². The van der Waals surface area contributed by atoms with E-state index in [-0.39, 0.29) is 13.0 Å². The van der Waals surface area contributed by atoms with Crippen molar-refractivity contribution >= 4 is 0 Å². The van der Waals surface area contributed by atoms with Crippen LogP contribution in [0.1, 0.15) is 6.42 Å². The maximum Gasteiger partial charge on any atom is 0.139 e. The second kappa shape index (κ2) is 3.54. The SMILES string of the molecule is [N-]=[N+]=N[C@H]1C[C@H](O)[C@@H](CO)O1. The summed E-state index contributed by atoms with van der Waals surface area (Å²) in [7, 11) is 0. The van der Waals surface area contributed by atoms with Gasteiger partial charge in [0, 0.05) is 11.3 Å². The first-order valence-electron chi connectivity index (χ1n) is 3.26. The van der Waals surface area contributed by atoms with Gasteiger partial charge in [0.05, 0.1) is 12.7 Å². The fourth-order valence-corrected chi connectivity index (χ4v) is 1.00. The number of ether oxygens (including phenoxy) is 1. The minimum absolute atomic E-state index is 0.251. The number of aliphatic hydroxyl groups excluding tert-OH is 2. The molecule has 0 bridgehead atoms. The van der Waals surface area contributed by atoms with E-state index in [0.29, 0.717) is 0 Å². The van der Waals surface area contributed by atoms with Gasteiger partial charge in [-0.1, -0.05) is 5.11 Å². The zero-order valence-corrected chi connectivity index (χ0v) is 5.79. The molecule has 0 radical (unpaired) electrons. The predicted octanol–water partition coefficient (Wildman–Crippen LogP) is -0.235. The van der Waals surface area contributed by atoms with Gasteiger partial charge in [-0.15, -0.1) is 0 Å². The summed E-state index contributed by atoms with van der Waals surface area (Å²) < 4.78 is 4.94. The van der Waals surface area contributed by atoms with Crippen LogP contribution in [-0.2, 0) is 4.74 Å². The molecule has 11 heavy (non-hydrogen) atoms. The third-order valence-corrected chi connectivity index (χ3v) is 1.56. The van der Waals surface area contributed by atoms with Gasteiger partial charge in [-0.3, -0.25) is 0 Å². The lowest BCUT2D eigenvalue weighted by Gasteiger charge is -2.08. The first kappa shape index (κ1) is 8.29. The van der Waals surface area contributed by atoms with Crippen LogP contribution in [0, 0.1) is 0 Å². The van der Waals surface area contributed by atoms with E-state index in [2.05, 4.69) is 10.0 Å². The highest BCUT2D eigenvalue weighted by atomic mass is 16.5. The zero-order valence-electron chi connectivity index (χ0n) is 5.79. The van der Waals surface area contributed by atoms with E-state index in [4.69, 9.17) is 20.5 Å². The molecular formula is C5H9N3O3. The summed E-state index contributed by atoms with van der Waals surface area (Å²) in [5.74, 6) is 0. The van der Waals surface area contributed by atoms with E-state index in [1.54, 1.807) is 0 Å². The Balaban J connectivity index is 2.48. The van der Waals surface area contributed by atoms with Gasteiger partial charge < -0.3 is 14.9 Å². The summed E-state index contributed by atoms with van der Waals surface area (Å²) in [4.78, 5) is 2.53. The standard InChI is InChI=1S/C5H9N3O3/c6-8-7-5-1-3(10)4(2-9)11-5/h3-5,9-10H,1-2H2/t3-,4+,5+/m0/s1. The highest BCUT2D eigenvalue weighted by Gasteiger charge is 2.32. The van der Waals surface area contributed by atoms with E-state index in [0.717, 1.165) is 0 Å². The third kappa shape index (κ3) is 1.81. The molecule has 0 saturated carbocycles. The van der Waals surface area contributed by atoms with Crippen molar-refractivity contribution in [3.05, 3.63) is 10.4 Å². The lowest BCUT2D eigenvalue weighted by atomic mass is 10.2. The van der Waals surface area contributed by atoms with Gasteiger partial charge in [-0.05, 0) is 5.53 Å². The van der Waals surface area contributed by atoms with Crippen molar-refractivity contribution in [3.63, 3.8) is 0 Å². The van der Waals surface area contributed by atoms with E-state index < -0.39 is 18.4 Å². The maximum atomic E-state index is 9.12. The second-order valence-corrected chi connectivity index (χ2v) is 2.32. The van der Waals surface area contributed by atoms with Gasteiger partial charge >= 0.3 is 0 Å². The molecule has 3 atom stereocenters. The number of aliphatic hydroxyl groups is 2. The molecule has 62 valence electrons. The third-order valence-electron chi connectivity index (χ3n) is 1.56. The Hall–Kier alpha value is -0.810. The van der Waals surface area contributed by atoms with Gasteiger partial charge in [0.15, 0.2) is 0 Å². The predicted molar refractivity (Wildman–Crippen MR) is 35.5 cm³/mol. The van der Waals surface area contributed by atoms with Crippen LogP contribution in [-0.4, -0.2) is 35.3 Å². The maximum absolute atomic E-state index is 9.12. The van der Waals surface area contributed by atoms with Gasteiger partial charge in [0.25, 0.3) is 0 Å². The van der Waals surface area contributed by atoms with Crippen molar-refractivity contribution in [2.75, 3.05) is 6.61 Å². The van der Waals surface area contributed by atoms with Crippen molar-refractivity contribution in [2.45, 2.75) is 24.9 Å². The fraction of sp³-hybridized carbons (Fsp3) is 1.00. The molecular weight excluding hydrogens is 150 g/mol. The molecule has 6 nitrogen and oxygen atoms in total. The Morgan fingerprint density at radius 2 is 2.45 bits per heavy atom. The van der Waals surface area contributed by atoms with E-state index in [1.165, 1.54) is 0 Å². The Morgan fingerprint density at radius 3 is 2.91 bits per heavy atom. The van der Waals surface area contributed by atoms with Crippen LogP contribution in [0.5, 0.6) is 0 Å². The molecule has 0 spiro atoms. The largest absolute Gasteiger partial charge is 0.394 e. The molecule has 2 N–H and O–H groups in total. The molecule has 0 amide bonds. The first-order chi connectivity index (χ1) is 5.27. The van der Waals surface area contributed by atoms with Crippen LogP contribution in [0.25, 0.3) is 10.4 Å². The molecule has 0 aliphatic carbocycles. The Bertz CT molecular complexity index is 180. The van der Waals surface area contributed by atoms with Crippen LogP contribution in [0.3, 0.4) is 0 Å². The van der Waals surface area contributed by atoms with Crippen LogP contribution in [0.2, 0.25) is 0 Å². The minimum Gasteiger partial charge on any atom is -0.394 e. The summed E-state index contributed by atoms with van der Waals surface area (Å²) in [5.41, 5.74) is 8.01. The molecule has 0 aromatic carbocycles. The molecule has 1 fully saturated rings. The number of hydrogen-bond donors (Lipinski definition) is 2. The number of rotatable bonds is 2. The van der Waals surface area contributed by atoms with Gasteiger partial charge in [0.2, 0.25) is 0 Å². The average Bonchev–Trinajstić information content (AvgIpc) is 2.32. The molecule has 0 aromatic heterocycles. The van der Waals surface area contributed by atoms with E-state index in [1.807, 2.05) is 0 Å². The Kier molecular flexibility index (Phi) is 2.67. The normalized spacial score (nSPS) is 36.7. The quantitative estimate of drug-likeness (QED) is 0.330. The molecule has 1 heterocycles. The molecule has 1 rings (SSSR count). The van der Waals surface area contributed by atoms with Crippen LogP contribution < -0.4 is 0 Å². The molecule has 1 saturated heterocycles. The summed E-state index contributed by atoms with van der Waals surface area (Å²) in [5, 5.41) is 21.0. The van der Waals surface area contributed by atoms with Crippen molar-refractivity contribution in [1.29, 1.82) is 0 Å². The van der Waals surface area contributed by atoms with Crippen LogP contribution in [0.4, 0.5) is 0 Å². The summed E-state index contributed by atoms with van der Waals surface area (Å²) in [6, 6.07) is 0. The highest BCUT2D eigenvalue weighted by Crippen LogP contribution is 2.20. The van der Waals surface area contributed by atoms with Crippen LogP contribution in [0.15, 0.2) is 5.11 Å². The van der Waals surface area contributed by atoms with Crippen molar-refractivity contribution in [1.82, 2.24) is 0 Å². The minimum atomic E-state index is -0.726. The van der Waals surface area contributed by atoms with Crippen molar-refractivity contribution in [3.8, 4) is 0 Å². The average molecular weight is 159 g/mol. The molecule has 0 unspecified atom stereocenters. The second-order valence-electron chi connectivity index (χ2n) is 2.32. The number of azide groups is 1. The molecule has 6 heteroatoms. The smallest absolute Gasteiger partial charge is 0.139 e. The van der Waals surface area contributed by atoms with Gasteiger partial charge in [-0.2, -0.15) is 0 Å². The molecule has 1 aliphatic heterocycles. The van der Waals surface area contributed by atoms with Crippen molar-refractivity contribution in [2.24, 2.45) is 5.11 Å². The van der Waals surface area contributed by atoms with Gasteiger partial charge in [0.1, 0.15) is 12.3 Å². The molecule has 1 aliphatic rings. The summed E-state index contributed by atoms with van der Waals surface area (Å²) >= 11 is 0. The summed E-state index contributed by atoms with van der Waals surface area (Å²) in [6.45, 7) is -0.251. The monoisotopic (exact) mass is 159 g/mol. The Morgan fingerprint density at radius 1 is 1.73 bits per heavy atom. The Labute approximate surface area is 63.0 Å². The number of hydrogen-bond acceptors (Lipinski definition) is 4. The van der Waals surface area contributed by atoms with E-state index >= 15 is 0 Å². The topological polar surface area (TPSA) is 98.5 Å². The van der Waals surface area contributed by atoms with Crippen molar-refractivity contribution < 1.29 is 14.9 Å². The number of nitrogens with zero attached hydrogens (tertiary/aromatic N) is 3. The highest BCUT2D eigenvalue weighted by molar-refractivity contribution is 4.80. The summed E-state index contributed by atoms with van der Waals surface area (Å²) in [6.07, 6.45) is -1.71. The lowest BCUT2D eigenvalue weighted by molar-refractivity contribution is -0.0198. The zero-order chi connectivity index (χ0) is 8.27.